The second-order valence-electron chi connectivity index (χ2n) is 6.55. The average Bonchev–Trinajstić information content (AvgIpc) is 2.67. The summed E-state index contributed by atoms with van der Waals surface area (Å²) in [6.07, 6.45) is 3.21. The van der Waals surface area contributed by atoms with Crippen molar-refractivity contribution in [2.45, 2.75) is 19.8 Å². The predicted molar refractivity (Wildman–Crippen MR) is 113 cm³/mol. The Balaban J connectivity index is 2.18. The average molecular weight is 380 g/mol. The van der Waals surface area contributed by atoms with E-state index in [4.69, 9.17) is 11.6 Å². The van der Waals surface area contributed by atoms with Crippen LogP contribution in [-0.2, 0) is 0 Å². The number of nitrogens with zero attached hydrogens (tertiary/aromatic N) is 1. The molecule has 0 radical (unpaired) electrons. The van der Waals surface area contributed by atoms with E-state index in [0.29, 0.717) is 34.3 Å². The van der Waals surface area contributed by atoms with Gasteiger partial charge in [-0.15, -0.1) is 6.58 Å². The Kier molecular flexibility index (Phi) is 5.77. The van der Waals surface area contributed by atoms with Gasteiger partial charge in [-0.1, -0.05) is 61.9 Å². The summed E-state index contributed by atoms with van der Waals surface area (Å²) >= 11 is 6.33. The van der Waals surface area contributed by atoms with Gasteiger partial charge in [-0.25, -0.2) is 0 Å². The van der Waals surface area contributed by atoms with Gasteiger partial charge in [0.05, 0.1) is 21.8 Å². The lowest BCUT2D eigenvalue weighted by atomic mass is 10.0. The minimum Gasteiger partial charge on any atom is -0.354 e. The number of para-hydroxylation sites is 2. The molecular formula is C22H22ClN3O. The summed E-state index contributed by atoms with van der Waals surface area (Å²) in [6.45, 7) is 8.31. The van der Waals surface area contributed by atoms with Crippen molar-refractivity contribution in [1.82, 2.24) is 10.3 Å². The summed E-state index contributed by atoms with van der Waals surface area (Å²) < 4.78 is 0. The Morgan fingerprint density at radius 1 is 1.22 bits per heavy atom. The van der Waals surface area contributed by atoms with Gasteiger partial charge in [0.25, 0.3) is 5.91 Å². The van der Waals surface area contributed by atoms with E-state index >= 15 is 0 Å². The monoisotopic (exact) mass is 379 g/mol. The number of hydrogen-bond donors (Lipinski definition) is 2. The zero-order valence-electron chi connectivity index (χ0n) is 15.4. The summed E-state index contributed by atoms with van der Waals surface area (Å²) in [6, 6.07) is 13.6. The van der Waals surface area contributed by atoms with Crippen LogP contribution in [0.25, 0.3) is 10.9 Å². The molecule has 4 nitrogen and oxygen atoms in total. The molecule has 1 heterocycles. The van der Waals surface area contributed by atoms with Crippen LogP contribution in [0.2, 0.25) is 5.02 Å². The van der Waals surface area contributed by atoms with E-state index in [1.807, 2.05) is 30.3 Å². The molecule has 0 aliphatic carbocycles. The van der Waals surface area contributed by atoms with Gasteiger partial charge in [0.2, 0.25) is 0 Å². The van der Waals surface area contributed by atoms with Crippen molar-refractivity contribution in [3.63, 3.8) is 0 Å². The third-order valence-electron chi connectivity index (χ3n) is 4.34. The predicted octanol–water partition coefficient (Wildman–Crippen LogP) is 5.67. The third-order valence-corrected chi connectivity index (χ3v) is 4.65. The number of rotatable bonds is 6. The molecule has 2 aromatic carbocycles. The van der Waals surface area contributed by atoms with E-state index in [-0.39, 0.29) is 5.91 Å². The Labute approximate surface area is 164 Å². The van der Waals surface area contributed by atoms with Gasteiger partial charge in [-0.2, -0.15) is 0 Å². The highest BCUT2D eigenvalue weighted by Gasteiger charge is 2.18. The summed E-state index contributed by atoms with van der Waals surface area (Å²) in [7, 11) is 0. The molecule has 0 aliphatic heterocycles. The summed E-state index contributed by atoms with van der Waals surface area (Å²) in [5, 5.41) is 7.63. The van der Waals surface area contributed by atoms with Crippen LogP contribution in [-0.4, -0.2) is 17.4 Å². The zero-order valence-corrected chi connectivity index (χ0v) is 16.2. The smallest absolute Gasteiger partial charge is 0.255 e. The van der Waals surface area contributed by atoms with E-state index < -0.39 is 0 Å². The van der Waals surface area contributed by atoms with Crippen molar-refractivity contribution >= 4 is 39.8 Å². The molecule has 27 heavy (non-hydrogen) atoms. The van der Waals surface area contributed by atoms with Gasteiger partial charge in [0, 0.05) is 23.8 Å². The summed E-state index contributed by atoms with van der Waals surface area (Å²) in [4.78, 5) is 17.1. The normalized spacial score (nSPS) is 10.8. The highest BCUT2D eigenvalue weighted by Crippen LogP contribution is 2.34. The molecule has 3 aromatic rings. The fraction of sp³-hybridized carbons (Fsp3) is 0.182. The number of amides is 1. The number of carbonyl (C=O) groups is 1. The van der Waals surface area contributed by atoms with E-state index in [1.54, 1.807) is 18.3 Å². The zero-order chi connectivity index (χ0) is 19.4. The maximum absolute atomic E-state index is 12.7. The van der Waals surface area contributed by atoms with Crippen molar-refractivity contribution < 1.29 is 4.79 Å². The maximum atomic E-state index is 12.7. The van der Waals surface area contributed by atoms with Crippen LogP contribution in [0.3, 0.4) is 0 Å². The Hall–Kier alpha value is -2.85. The first-order valence-electron chi connectivity index (χ1n) is 8.85. The van der Waals surface area contributed by atoms with Crippen LogP contribution >= 0.6 is 11.6 Å². The minimum atomic E-state index is -0.214. The molecule has 1 aromatic heterocycles. The molecule has 0 spiro atoms. The molecule has 0 fully saturated rings. The van der Waals surface area contributed by atoms with Gasteiger partial charge in [0.1, 0.15) is 0 Å². The number of anilines is 2. The van der Waals surface area contributed by atoms with Crippen molar-refractivity contribution in [2.75, 3.05) is 11.9 Å². The number of fused-ring (bicyclic) bond motifs is 1. The molecule has 0 bridgehead atoms. The number of benzene rings is 2. The van der Waals surface area contributed by atoms with Gasteiger partial charge in [-0.05, 0) is 23.6 Å². The van der Waals surface area contributed by atoms with Crippen molar-refractivity contribution in [2.24, 2.45) is 0 Å². The topological polar surface area (TPSA) is 54.0 Å². The fourth-order valence-electron chi connectivity index (χ4n) is 3.00. The number of nitrogens with one attached hydrogen (secondary N) is 2. The Bertz CT molecular complexity index is 998. The molecule has 0 aliphatic rings. The highest BCUT2D eigenvalue weighted by molar-refractivity contribution is 6.35. The third kappa shape index (κ3) is 3.96. The number of aromatic nitrogens is 1. The van der Waals surface area contributed by atoms with Crippen LogP contribution in [0.1, 0.15) is 35.7 Å². The van der Waals surface area contributed by atoms with Crippen LogP contribution in [0.5, 0.6) is 0 Å². The molecule has 0 saturated carbocycles. The van der Waals surface area contributed by atoms with Crippen LogP contribution in [0.4, 0.5) is 11.4 Å². The van der Waals surface area contributed by atoms with Crippen LogP contribution in [0, 0.1) is 0 Å². The highest BCUT2D eigenvalue weighted by atomic mass is 35.5. The van der Waals surface area contributed by atoms with E-state index in [1.165, 1.54) is 5.56 Å². The van der Waals surface area contributed by atoms with Crippen molar-refractivity contribution in [3.8, 4) is 0 Å². The maximum Gasteiger partial charge on any atom is 0.255 e. The quantitative estimate of drug-likeness (QED) is 0.542. The standard InChI is InChI=1S/C22H22ClN3O/c1-4-12-24-22(27)17-13-25-21-16(9-7-10-18(21)23)20(17)26-19-11-6-5-8-15(19)14(2)3/h4-11,13-14H,1,12H2,2-3H3,(H,24,27)(H,25,26). The van der Waals surface area contributed by atoms with Gasteiger partial charge < -0.3 is 10.6 Å². The number of carbonyl (C=O) groups excluding carboxylic acids is 1. The molecule has 1 amide bonds. The molecule has 138 valence electrons. The second-order valence-corrected chi connectivity index (χ2v) is 6.96. The van der Waals surface area contributed by atoms with E-state index in [2.05, 4.69) is 42.1 Å². The molecular weight excluding hydrogens is 358 g/mol. The van der Waals surface area contributed by atoms with Crippen molar-refractivity contribution in [3.05, 3.63) is 77.5 Å². The number of pyridine rings is 1. The number of halogens is 1. The molecule has 2 N–H and O–H groups in total. The van der Waals surface area contributed by atoms with Crippen molar-refractivity contribution in [1.29, 1.82) is 0 Å². The lowest BCUT2D eigenvalue weighted by Crippen LogP contribution is -2.24. The molecule has 3 rings (SSSR count). The van der Waals surface area contributed by atoms with Gasteiger partial charge in [0.15, 0.2) is 0 Å². The van der Waals surface area contributed by atoms with E-state index in [0.717, 1.165) is 11.1 Å². The van der Waals surface area contributed by atoms with Crippen LogP contribution < -0.4 is 10.6 Å². The lowest BCUT2D eigenvalue weighted by Gasteiger charge is -2.18. The van der Waals surface area contributed by atoms with Crippen LogP contribution in [0.15, 0.2) is 61.3 Å². The second kappa shape index (κ2) is 8.23. The lowest BCUT2D eigenvalue weighted by molar-refractivity contribution is 0.0958. The minimum absolute atomic E-state index is 0.214. The Morgan fingerprint density at radius 2 is 2.00 bits per heavy atom. The van der Waals surface area contributed by atoms with Gasteiger partial charge in [-0.3, -0.25) is 9.78 Å². The Morgan fingerprint density at radius 3 is 2.74 bits per heavy atom. The summed E-state index contributed by atoms with van der Waals surface area (Å²) in [5.41, 5.74) is 3.94. The molecule has 0 saturated heterocycles. The largest absolute Gasteiger partial charge is 0.354 e. The molecule has 0 atom stereocenters. The first-order valence-corrected chi connectivity index (χ1v) is 9.23. The SMILES string of the molecule is C=CCNC(=O)c1cnc2c(Cl)cccc2c1Nc1ccccc1C(C)C. The van der Waals surface area contributed by atoms with Gasteiger partial charge >= 0.3 is 0 Å². The van der Waals surface area contributed by atoms with E-state index in [9.17, 15) is 4.79 Å². The summed E-state index contributed by atoms with van der Waals surface area (Å²) in [5.74, 6) is 0.122. The number of hydrogen-bond acceptors (Lipinski definition) is 3. The molecule has 5 heteroatoms. The first kappa shape index (κ1) is 18.9. The fourth-order valence-corrected chi connectivity index (χ4v) is 3.23. The molecule has 0 unspecified atom stereocenters. The first-order chi connectivity index (χ1) is 13.0.